The summed E-state index contributed by atoms with van der Waals surface area (Å²) >= 11 is 3.04. The Balaban J connectivity index is 1.86. The predicted octanol–water partition coefficient (Wildman–Crippen LogP) is 3.72. The second-order valence-corrected chi connectivity index (χ2v) is 7.19. The van der Waals surface area contributed by atoms with Crippen LogP contribution in [-0.4, -0.2) is 15.6 Å². The molecule has 0 aliphatic carbocycles. The molecule has 0 unspecified atom stereocenters. The number of hydrogen-bond donors (Lipinski definition) is 0. The van der Waals surface area contributed by atoms with Crippen LogP contribution in [0.15, 0.2) is 50.3 Å². The maximum atomic E-state index is 12.6. The van der Waals surface area contributed by atoms with Crippen LogP contribution in [0, 0.1) is 13.8 Å². The molecule has 1 aromatic carbocycles. The monoisotopic (exact) mass is 359 g/mol. The van der Waals surface area contributed by atoms with Crippen molar-refractivity contribution in [3.8, 4) is 0 Å². The van der Waals surface area contributed by atoms with Crippen molar-refractivity contribution in [1.29, 1.82) is 0 Å². The third-order valence-electron chi connectivity index (χ3n) is 3.63. The summed E-state index contributed by atoms with van der Waals surface area (Å²) in [4.78, 5) is 18.4. The Hall–Kier alpha value is -2.12. The van der Waals surface area contributed by atoms with Gasteiger partial charge >= 0.3 is 0 Å². The molecule has 0 bridgehead atoms. The van der Waals surface area contributed by atoms with Crippen LogP contribution < -0.4 is 4.80 Å². The molecule has 0 saturated carbocycles. The van der Waals surface area contributed by atoms with Crippen LogP contribution in [0.5, 0.6) is 0 Å². The Labute approximate surface area is 148 Å². The highest BCUT2D eigenvalue weighted by Crippen LogP contribution is 2.29. The summed E-state index contributed by atoms with van der Waals surface area (Å²) in [5.41, 5.74) is 2.57. The molecule has 124 valence electrons. The van der Waals surface area contributed by atoms with Gasteiger partial charge in [-0.2, -0.15) is 4.99 Å². The van der Waals surface area contributed by atoms with Gasteiger partial charge in [-0.1, -0.05) is 17.3 Å². The Morgan fingerprint density at radius 2 is 2.17 bits per heavy atom. The lowest BCUT2D eigenvalue weighted by Crippen LogP contribution is -2.13. The van der Waals surface area contributed by atoms with Crippen molar-refractivity contribution < 1.29 is 9.32 Å². The van der Waals surface area contributed by atoms with Gasteiger partial charge in [0.05, 0.1) is 11.3 Å². The maximum absolute atomic E-state index is 12.6. The molecule has 5 nitrogen and oxygen atoms in total. The molecular formula is C17H17N3O2S2. The minimum absolute atomic E-state index is 0.227. The first-order chi connectivity index (χ1) is 11.6. The van der Waals surface area contributed by atoms with E-state index in [0.29, 0.717) is 16.1 Å². The van der Waals surface area contributed by atoms with Crippen LogP contribution in [0.1, 0.15) is 27.4 Å². The molecular weight excluding hydrogens is 342 g/mol. The van der Waals surface area contributed by atoms with Crippen molar-refractivity contribution >= 4 is 29.0 Å². The fourth-order valence-electron chi connectivity index (χ4n) is 2.21. The van der Waals surface area contributed by atoms with Gasteiger partial charge in [-0.3, -0.25) is 4.79 Å². The highest BCUT2D eigenvalue weighted by atomic mass is 32.2. The van der Waals surface area contributed by atoms with Gasteiger partial charge in [0, 0.05) is 34.8 Å². The topological polar surface area (TPSA) is 60.4 Å². The highest BCUT2D eigenvalue weighted by molar-refractivity contribution is 7.98. The molecule has 2 heterocycles. The van der Waals surface area contributed by atoms with Crippen molar-refractivity contribution in [3.05, 3.63) is 63.2 Å². The van der Waals surface area contributed by atoms with Gasteiger partial charge in [0.2, 0.25) is 0 Å². The molecule has 0 fully saturated rings. The fraction of sp³-hybridized carbons (Fsp3) is 0.235. The van der Waals surface area contributed by atoms with E-state index in [1.807, 2.05) is 61.3 Å². The third kappa shape index (κ3) is 3.52. The van der Waals surface area contributed by atoms with Crippen molar-refractivity contribution in [3.63, 3.8) is 0 Å². The standard InChI is InChI=1S/C17H17N3O2S2/c1-11-14(12(2)22-19-11)10-24-15-7-5-4-6-13(15)16(21)18-17-20(3)8-9-23-17/h4-9H,10H2,1-3H3. The van der Waals surface area contributed by atoms with E-state index in [1.54, 1.807) is 11.8 Å². The van der Waals surface area contributed by atoms with Crippen LogP contribution in [-0.2, 0) is 12.8 Å². The summed E-state index contributed by atoms with van der Waals surface area (Å²) in [7, 11) is 1.88. The quantitative estimate of drug-likeness (QED) is 0.666. The normalized spacial score (nSPS) is 11.9. The van der Waals surface area contributed by atoms with Crippen LogP contribution in [0.4, 0.5) is 0 Å². The summed E-state index contributed by atoms with van der Waals surface area (Å²) in [6.45, 7) is 3.83. The van der Waals surface area contributed by atoms with Gasteiger partial charge in [-0.15, -0.1) is 23.1 Å². The van der Waals surface area contributed by atoms with Gasteiger partial charge in [0.1, 0.15) is 5.76 Å². The molecule has 1 amide bonds. The number of hydrogen-bond acceptors (Lipinski definition) is 5. The smallest absolute Gasteiger partial charge is 0.280 e. The van der Waals surface area contributed by atoms with Crippen LogP contribution in [0.3, 0.4) is 0 Å². The average molecular weight is 359 g/mol. The molecule has 0 N–H and O–H groups in total. The van der Waals surface area contributed by atoms with E-state index < -0.39 is 0 Å². The Morgan fingerprint density at radius 3 is 2.83 bits per heavy atom. The SMILES string of the molecule is Cc1noc(C)c1CSc1ccccc1C(=O)N=c1sccn1C. The van der Waals surface area contributed by atoms with E-state index in [9.17, 15) is 4.79 Å². The van der Waals surface area contributed by atoms with E-state index in [1.165, 1.54) is 11.3 Å². The number of amides is 1. The summed E-state index contributed by atoms with van der Waals surface area (Å²) in [5.74, 6) is 1.30. The van der Waals surface area contributed by atoms with Gasteiger partial charge in [0.15, 0.2) is 4.80 Å². The first-order valence-electron chi connectivity index (χ1n) is 7.39. The lowest BCUT2D eigenvalue weighted by Gasteiger charge is -2.06. The first-order valence-corrected chi connectivity index (χ1v) is 9.25. The van der Waals surface area contributed by atoms with Gasteiger partial charge < -0.3 is 9.09 Å². The minimum Gasteiger partial charge on any atom is -0.361 e. The zero-order valence-corrected chi connectivity index (χ0v) is 15.3. The van der Waals surface area contributed by atoms with E-state index in [4.69, 9.17) is 4.52 Å². The summed E-state index contributed by atoms with van der Waals surface area (Å²) in [5, 5.41) is 5.88. The number of thiazole rings is 1. The van der Waals surface area contributed by atoms with Crippen LogP contribution in [0.2, 0.25) is 0 Å². The number of carbonyl (C=O) groups excluding carboxylic acids is 1. The molecule has 7 heteroatoms. The van der Waals surface area contributed by atoms with E-state index >= 15 is 0 Å². The van der Waals surface area contributed by atoms with Crippen molar-refractivity contribution in [2.24, 2.45) is 12.0 Å². The van der Waals surface area contributed by atoms with Crippen molar-refractivity contribution in [2.45, 2.75) is 24.5 Å². The lowest BCUT2D eigenvalue weighted by molar-refractivity contribution is 0.0995. The average Bonchev–Trinajstić information content (AvgIpc) is 3.12. The second-order valence-electron chi connectivity index (χ2n) is 5.30. The predicted molar refractivity (Wildman–Crippen MR) is 95.2 cm³/mol. The van der Waals surface area contributed by atoms with E-state index in [2.05, 4.69) is 10.1 Å². The highest BCUT2D eigenvalue weighted by Gasteiger charge is 2.14. The van der Waals surface area contributed by atoms with E-state index in [0.717, 1.165) is 21.9 Å². The van der Waals surface area contributed by atoms with Crippen LogP contribution >= 0.6 is 23.1 Å². The van der Waals surface area contributed by atoms with Gasteiger partial charge in [-0.05, 0) is 26.0 Å². The Bertz CT molecular complexity index is 918. The Morgan fingerprint density at radius 1 is 1.38 bits per heavy atom. The van der Waals surface area contributed by atoms with Gasteiger partial charge in [0.25, 0.3) is 5.91 Å². The number of rotatable bonds is 4. The summed E-state index contributed by atoms with van der Waals surface area (Å²) in [6.07, 6.45) is 1.88. The second kappa shape index (κ2) is 7.19. The lowest BCUT2D eigenvalue weighted by atomic mass is 10.2. The molecule has 3 aromatic rings. The molecule has 24 heavy (non-hydrogen) atoms. The molecule has 0 saturated heterocycles. The largest absolute Gasteiger partial charge is 0.361 e. The zero-order valence-electron chi connectivity index (χ0n) is 13.6. The number of aryl methyl sites for hydroxylation is 3. The number of thioether (sulfide) groups is 1. The number of nitrogens with zero attached hydrogens (tertiary/aromatic N) is 3. The molecule has 2 aromatic heterocycles. The number of aromatic nitrogens is 2. The number of carbonyl (C=O) groups is 1. The molecule has 3 rings (SSSR count). The molecule has 0 aliphatic rings. The first kappa shape index (κ1) is 16.7. The van der Waals surface area contributed by atoms with E-state index in [-0.39, 0.29) is 5.91 Å². The zero-order chi connectivity index (χ0) is 17.1. The van der Waals surface area contributed by atoms with Crippen molar-refractivity contribution in [2.75, 3.05) is 0 Å². The molecule has 0 radical (unpaired) electrons. The number of benzene rings is 1. The third-order valence-corrected chi connectivity index (χ3v) is 5.58. The van der Waals surface area contributed by atoms with Crippen LogP contribution in [0.25, 0.3) is 0 Å². The van der Waals surface area contributed by atoms with Gasteiger partial charge in [-0.25, -0.2) is 0 Å². The minimum atomic E-state index is -0.227. The fourth-order valence-corrected chi connectivity index (χ4v) is 4.13. The summed E-state index contributed by atoms with van der Waals surface area (Å²) < 4.78 is 7.03. The molecule has 0 aliphatic heterocycles. The van der Waals surface area contributed by atoms with Crippen molar-refractivity contribution in [1.82, 2.24) is 9.72 Å². The molecule has 0 spiro atoms. The maximum Gasteiger partial charge on any atom is 0.280 e. The Kier molecular flexibility index (Phi) is 5.01. The molecule has 0 atom stereocenters. The summed E-state index contributed by atoms with van der Waals surface area (Å²) in [6, 6.07) is 7.55.